The van der Waals surface area contributed by atoms with Crippen molar-refractivity contribution in [3.8, 4) is 11.1 Å². The highest BCUT2D eigenvalue weighted by Crippen LogP contribution is 2.33. The fraction of sp³-hybridized carbons (Fsp3) is 0.345. The van der Waals surface area contributed by atoms with E-state index >= 15 is 0 Å². The van der Waals surface area contributed by atoms with Crippen LogP contribution in [0.15, 0.2) is 67.0 Å². The molecule has 4 heterocycles. The fourth-order valence-corrected chi connectivity index (χ4v) is 5.40. The fourth-order valence-electron chi connectivity index (χ4n) is 5.40. The molecule has 0 atom stereocenters. The normalized spacial score (nSPS) is 15.2. The number of aromatic nitrogens is 5. The highest BCUT2D eigenvalue weighted by atomic mass is 16.3. The summed E-state index contributed by atoms with van der Waals surface area (Å²) in [6.45, 7) is 3.79. The van der Waals surface area contributed by atoms with Gasteiger partial charge in [-0.25, -0.2) is 4.52 Å². The molecule has 8 heteroatoms. The number of anilines is 1. The summed E-state index contributed by atoms with van der Waals surface area (Å²) in [6, 6.07) is 19.0. The Morgan fingerprint density at radius 3 is 2.68 bits per heavy atom. The van der Waals surface area contributed by atoms with E-state index < -0.39 is 0 Å². The SMILES string of the molecule is Nc1cnnn2c(CCCCN3CCC(O)CC3)cc(-c3ccc4cn(Cc5ccccc5)nc4c3)c12. The van der Waals surface area contributed by atoms with Gasteiger partial charge >= 0.3 is 0 Å². The molecule has 1 aliphatic rings. The van der Waals surface area contributed by atoms with Crippen LogP contribution in [-0.4, -0.2) is 60.4 Å². The predicted octanol–water partition coefficient (Wildman–Crippen LogP) is 4.16. The number of likely N-dealkylation sites (tertiary alicyclic amines) is 1. The van der Waals surface area contributed by atoms with Crippen molar-refractivity contribution in [3.63, 3.8) is 0 Å². The number of hydrogen-bond donors (Lipinski definition) is 2. The van der Waals surface area contributed by atoms with Gasteiger partial charge in [-0.3, -0.25) is 4.68 Å². The van der Waals surface area contributed by atoms with Crippen molar-refractivity contribution in [2.24, 2.45) is 0 Å². The molecule has 0 unspecified atom stereocenters. The number of aliphatic hydroxyl groups is 1. The van der Waals surface area contributed by atoms with Crippen LogP contribution in [0.5, 0.6) is 0 Å². The second-order valence-electron chi connectivity index (χ2n) is 10.1. The Balaban J connectivity index is 1.22. The first kappa shape index (κ1) is 23.6. The molecule has 37 heavy (non-hydrogen) atoms. The van der Waals surface area contributed by atoms with E-state index in [4.69, 9.17) is 10.8 Å². The van der Waals surface area contributed by atoms with Crippen LogP contribution >= 0.6 is 0 Å². The summed E-state index contributed by atoms with van der Waals surface area (Å²) in [4.78, 5) is 2.46. The maximum absolute atomic E-state index is 9.73. The van der Waals surface area contributed by atoms with E-state index in [2.05, 4.69) is 69.9 Å². The third-order valence-electron chi connectivity index (χ3n) is 7.43. The van der Waals surface area contributed by atoms with Crippen LogP contribution in [0.2, 0.25) is 0 Å². The number of rotatable bonds is 8. The molecular formula is C29H33N7O. The first-order chi connectivity index (χ1) is 18.1. The number of nitrogen functional groups attached to an aromatic ring is 1. The monoisotopic (exact) mass is 495 g/mol. The summed E-state index contributed by atoms with van der Waals surface area (Å²) in [5.74, 6) is 0. The lowest BCUT2D eigenvalue weighted by Gasteiger charge is -2.29. The highest BCUT2D eigenvalue weighted by molar-refractivity contribution is 5.93. The van der Waals surface area contributed by atoms with E-state index in [9.17, 15) is 5.11 Å². The number of unbranched alkanes of at least 4 members (excludes halogenated alkanes) is 1. The van der Waals surface area contributed by atoms with Gasteiger partial charge in [0.05, 0.1) is 35.6 Å². The molecule has 190 valence electrons. The third-order valence-corrected chi connectivity index (χ3v) is 7.43. The van der Waals surface area contributed by atoms with Crippen LogP contribution in [0.4, 0.5) is 5.69 Å². The number of hydrogen-bond acceptors (Lipinski definition) is 6. The number of aliphatic hydroxyl groups excluding tert-OH is 1. The zero-order valence-electron chi connectivity index (χ0n) is 21.0. The number of fused-ring (bicyclic) bond motifs is 2. The molecule has 6 rings (SSSR count). The van der Waals surface area contributed by atoms with E-state index in [-0.39, 0.29) is 6.10 Å². The summed E-state index contributed by atoms with van der Waals surface area (Å²) < 4.78 is 3.90. The van der Waals surface area contributed by atoms with Crippen molar-refractivity contribution in [1.29, 1.82) is 0 Å². The van der Waals surface area contributed by atoms with E-state index in [0.717, 1.165) is 91.5 Å². The maximum atomic E-state index is 9.73. The minimum atomic E-state index is -0.123. The van der Waals surface area contributed by atoms with Gasteiger partial charge in [-0.15, -0.1) is 5.10 Å². The Labute approximate surface area is 216 Å². The van der Waals surface area contributed by atoms with Crippen molar-refractivity contribution in [2.45, 2.75) is 44.8 Å². The molecule has 0 saturated carbocycles. The minimum absolute atomic E-state index is 0.123. The number of nitrogens with two attached hydrogens (primary N) is 1. The van der Waals surface area contributed by atoms with Gasteiger partial charge < -0.3 is 15.7 Å². The summed E-state index contributed by atoms with van der Waals surface area (Å²) in [6.07, 6.45) is 8.45. The molecule has 0 aliphatic carbocycles. The number of nitrogens with zero attached hydrogens (tertiary/aromatic N) is 6. The molecule has 1 aliphatic heterocycles. The standard InChI is InChI=1S/C29H33N7O/c30-27-18-31-33-36-24(8-4-5-13-34-14-11-25(37)12-15-34)17-26(29(27)36)22-9-10-23-20-35(32-28(23)16-22)19-21-6-2-1-3-7-21/h1-3,6-7,9-10,16-18,20,25,37H,4-5,8,11-15,19,30H2. The zero-order valence-corrected chi connectivity index (χ0v) is 21.0. The molecule has 2 aromatic carbocycles. The lowest BCUT2D eigenvalue weighted by atomic mass is 10.0. The molecule has 0 amide bonds. The summed E-state index contributed by atoms with van der Waals surface area (Å²) in [7, 11) is 0. The highest BCUT2D eigenvalue weighted by Gasteiger charge is 2.18. The minimum Gasteiger partial charge on any atom is -0.396 e. The molecule has 0 radical (unpaired) electrons. The van der Waals surface area contributed by atoms with Crippen LogP contribution in [-0.2, 0) is 13.0 Å². The van der Waals surface area contributed by atoms with Gasteiger partial charge in [0.15, 0.2) is 0 Å². The van der Waals surface area contributed by atoms with Crippen molar-refractivity contribution in [3.05, 3.63) is 78.2 Å². The Morgan fingerprint density at radius 1 is 1.00 bits per heavy atom. The average molecular weight is 496 g/mol. The lowest BCUT2D eigenvalue weighted by molar-refractivity contribution is 0.0818. The summed E-state index contributed by atoms with van der Waals surface area (Å²) in [5, 5.41) is 24.2. The molecule has 3 N–H and O–H groups in total. The van der Waals surface area contributed by atoms with Crippen LogP contribution < -0.4 is 5.73 Å². The molecule has 0 spiro atoms. The molecular weight excluding hydrogens is 462 g/mol. The Hall–Kier alpha value is -3.75. The van der Waals surface area contributed by atoms with Gasteiger partial charge in [-0.05, 0) is 61.9 Å². The number of benzene rings is 2. The largest absolute Gasteiger partial charge is 0.396 e. The van der Waals surface area contributed by atoms with Gasteiger partial charge in [0.1, 0.15) is 0 Å². The smallest absolute Gasteiger partial charge is 0.0990 e. The van der Waals surface area contributed by atoms with Crippen molar-refractivity contribution in [2.75, 3.05) is 25.4 Å². The van der Waals surface area contributed by atoms with Crippen molar-refractivity contribution < 1.29 is 5.11 Å². The van der Waals surface area contributed by atoms with Crippen LogP contribution in [0.3, 0.4) is 0 Å². The number of aryl methyl sites for hydroxylation is 1. The Kier molecular flexibility index (Phi) is 6.59. The van der Waals surface area contributed by atoms with Crippen molar-refractivity contribution in [1.82, 2.24) is 29.5 Å². The van der Waals surface area contributed by atoms with Crippen molar-refractivity contribution >= 4 is 22.1 Å². The quantitative estimate of drug-likeness (QED) is 0.314. The first-order valence-corrected chi connectivity index (χ1v) is 13.2. The second kappa shape index (κ2) is 10.3. The van der Waals surface area contributed by atoms with Crippen LogP contribution in [0.25, 0.3) is 27.5 Å². The van der Waals surface area contributed by atoms with E-state index in [1.807, 2.05) is 15.3 Å². The molecule has 3 aromatic heterocycles. The van der Waals surface area contributed by atoms with Crippen LogP contribution in [0.1, 0.15) is 36.9 Å². The molecule has 8 nitrogen and oxygen atoms in total. The Bertz CT molecular complexity index is 1500. The summed E-state index contributed by atoms with van der Waals surface area (Å²) in [5.41, 5.74) is 13.4. The van der Waals surface area contributed by atoms with E-state index in [1.54, 1.807) is 6.20 Å². The molecule has 1 saturated heterocycles. The summed E-state index contributed by atoms with van der Waals surface area (Å²) >= 11 is 0. The van der Waals surface area contributed by atoms with Gasteiger partial charge in [0, 0.05) is 35.9 Å². The van der Waals surface area contributed by atoms with Gasteiger partial charge in [-0.1, -0.05) is 47.7 Å². The Morgan fingerprint density at radius 2 is 1.84 bits per heavy atom. The van der Waals surface area contributed by atoms with Gasteiger partial charge in [0.25, 0.3) is 0 Å². The molecule has 1 fully saturated rings. The van der Waals surface area contributed by atoms with Gasteiger partial charge in [0.2, 0.25) is 0 Å². The molecule has 0 bridgehead atoms. The third kappa shape index (κ3) is 5.08. The topological polar surface area (TPSA) is 97.5 Å². The van der Waals surface area contributed by atoms with Crippen LogP contribution in [0, 0.1) is 0 Å². The predicted molar refractivity (Wildman–Crippen MR) is 146 cm³/mol. The number of piperidine rings is 1. The van der Waals surface area contributed by atoms with E-state index in [0.29, 0.717) is 5.69 Å². The lowest BCUT2D eigenvalue weighted by Crippen LogP contribution is -2.36. The first-order valence-electron chi connectivity index (χ1n) is 13.2. The van der Waals surface area contributed by atoms with E-state index in [1.165, 1.54) is 5.56 Å². The second-order valence-corrected chi connectivity index (χ2v) is 10.1. The maximum Gasteiger partial charge on any atom is 0.0990 e. The zero-order chi connectivity index (χ0) is 25.2. The average Bonchev–Trinajstić information content (AvgIpc) is 3.49. The van der Waals surface area contributed by atoms with Gasteiger partial charge in [-0.2, -0.15) is 5.10 Å². The molecule has 5 aromatic rings.